The normalized spacial score (nSPS) is 22.0. The van der Waals surface area contributed by atoms with E-state index in [1.54, 1.807) is 0 Å². The molecule has 4 nitrogen and oxygen atoms in total. The summed E-state index contributed by atoms with van der Waals surface area (Å²) in [6, 6.07) is 8.19. The zero-order valence-corrected chi connectivity index (χ0v) is 11.3. The minimum Gasteiger partial charge on any atom is -0.492 e. The summed E-state index contributed by atoms with van der Waals surface area (Å²) in [5.41, 5.74) is 6.41. The molecule has 0 spiro atoms. The minimum absolute atomic E-state index is 0.610. The molecule has 1 atom stereocenters. The number of likely N-dealkylation sites (N-methyl/N-ethyl adjacent to an activating group) is 1. The van der Waals surface area contributed by atoms with Gasteiger partial charge >= 0.3 is 0 Å². The van der Waals surface area contributed by atoms with Crippen molar-refractivity contribution in [3.63, 3.8) is 0 Å². The van der Waals surface area contributed by atoms with E-state index in [1.165, 1.54) is 0 Å². The molecule has 1 aliphatic rings. The summed E-state index contributed by atoms with van der Waals surface area (Å²) >= 11 is 0. The van der Waals surface area contributed by atoms with Crippen molar-refractivity contribution in [2.24, 2.45) is 0 Å². The number of nitrogens with two attached hydrogens (primary N) is 1. The summed E-state index contributed by atoms with van der Waals surface area (Å²) in [5.74, 6) is 0.894. The highest BCUT2D eigenvalue weighted by Crippen LogP contribution is 2.13. The van der Waals surface area contributed by atoms with E-state index in [0.29, 0.717) is 6.04 Å². The van der Waals surface area contributed by atoms with Gasteiger partial charge in [0.1, 0.15) is 12.4 Å². The van der Waals surface area contributed by atoms with Gasteiger partial charge in [0.15, 0.2) is 0 Å². The first-order valence-electron chi connectivity index (χ1n) is 6.56. The second kappa shape index (κ2) is 6.07. The summed E-state index contributed by atoms with van der Waals surface area (Å²) in [7, 11) is 2.18. The molecular weight excluding hydrogens is 226 g/mol. The van der Waals surface area contributed by atoms with Gasteiger partial charge in [0.25, 0.3) is 0 Å². The lowest BCUT2D eigenvalue weighted by Gasteiger charge is -2.38. The van der Waals surface area contributed by atoms with Crippen LogP contribution in [0.2, 0.25) is 0 Å². The molecule has 0 bridgehead atoms. The van der Waals surface area contributed by atoms with Gasteiger partial charge in [0, 0.05) is 37.9 Å². The third-order valence-electron chi connectivity index (χ3n) is 3.50. The van der Waals surface area contributed by atoms with Crippen LogP contribution in [0.1, 0.15) is 6.92 Å². The monoisotopic (exact) mass is 249 g/mol. The van der Waals surface area contributed by atoms with Crippen LogP contribution in [0.25, 0.3) is 0 Å². The molecule has 0 saturated carbocycles. The number of anilines is 1. The molecule has 1 fully saturated rings. The van der Waals surface area contributed by atoms with Crippen LogP contribution in [-0.2, 0) is 0 Å². The molecular formula is C14H23N3O. The van der Waals surface area contributed by atoms with E-state index < -0.39 is 0 Å². The largest absolute Gasteiger partial charge is 0.492 e. The summed E-state index contributed by atoms with van der Waals surface area (Å²) in [6.45, 7) is 7.41. The van der Waals surface area contributed by atoms with Crippen LogP contribution in [0.3, 0.4) is 0 Å². The van der Waals surface area contributed by atoms with Crippen LogP contribution in [0, 0.1) is 0 Å². The van der Waals surface area contributed by atoms with E-state index in [-0.39, 0.29) is 0 Å². The van der Waals surface area contributed by atoms with Gasteiger partial charge in [-0.05, 0) is 38.2 Å². The van der Waals surface area contributed by atoms with Crippen molar-refractivity contribution >= 4 is 5.69 Å². The molecule has 1 saturated heterocycles. The van der Waals surface area contributed by atoms with Crippen LogP contribution in [-0.4, -0.2) is 55.7 Å². The van der Waals surface area contributed by atoms with Crippen LogP contribution >= 0.6 is 0 Å². The molecule has 1 aliphatic heterocycles. The number of nitrogen functional groups attached to an aromatic ring is 1. The van der Waals surface area contributed by atoms with E-state index in [4.69, 9.17) is 10.5 Å². The predicted molar refractivity (Wildman–Crippen MR) is 74.9 cm³/mol. The van der Waals surface area contributed by atoms with Gasteiger partial charge < -0.3 is 15.4 Å². The molecule has 1 unspecified atom stereocenters. The first-order chi connectivity index (χ1) is 8.65. The molecule has 0 aromatic heterocycles. The average molecular weight is 249 g/mol. The second-order valence-electron chi connectivity index (χ2n) is 5.06. The fourth-order valence-corrected chi connectivity index (χ4v) is 2.35. The van der Waals surface area contributed by atoms with Crippen molar-refractivity contribution in [2.45, 2.75) is 13.0 Å². The van der Waals surface area contributed by atoms with Gasteiger partial charge in [-0.1, -0.05) is 0 Å². The molecule has 0 amide bonds. The minimum atomic E-state index is 0.610. The molecule has 0 radical (unpaired) electrons. The highest BCUT2D eigenvalue weighted by molar-refractivity contribution is 5.41. The zero-order chi connectivity index (χ0) is 13.0. The Morgan fingerprint density at radius 1 is 1.28 bits per heavy atom. The summed E-state index contributed by atoms with van der Waals surface area (Å²) in [6.07, 6.45) is 0. The molecule has 1 aromatic carbocycles. The van der Waals surface area contributed by atoms with Gasteiger partial charge in [0.2, 0.25) is 0 Å². The Kier molecular flexibility index (Phi) is 4.44. The van der Waals surface area contributed by atoms with Crippen LogP contribution in [0.5, 0.6) is 5.75 Å². The van der Waals surface area contributed by atoms with E-state index in [9.17, 15) is 0 Å². The van der Waals surface area contributed by atoms with Gasteiger partial charge in [-0.15, -0.1) is 0 Å². The van der Waals surface area contributed by atoms with Crippen molar-refractivity contribution in [3.05, 3.63) is 24.3 Å². The highest BCUT2D eigenvalue weighted by atomic mass is 16.5. The fraction of sp³-hybridized carbons (Fsp3) is 0.571. The molecule has 0 aliphatic carbocycles. The number of nitrogens with zero attached hydrogens (tertiary/aromatic N) is 2. The van der Waals surface area contributed by atoms with Crippen LogP contribution in [0.4, 0.5) is 5.69 Å². The molecule has 2 N–H and O–H groups in total. The topological polar surface area (TPSA) is 41.7 Å². The lowest BCUT2D eigenvalue weighted by Crippen LogP contribution is -2.51. The SMILES string of the molecule is CC1CN(C)CCN1CCOc1ccc(N)cc1. The Hall–Kier alpha value is -1.26. The number of hydrogen-bond acceptors (Lipinski definition) is 4. The number of rotatable bonds is 4. The standard InChI is InChI=1S/C14H23N3O/c1-12-11-16(2)7-8-17(12)9-10-18-14-5-3-13(15)4-6-14/h3-6,12H,7-11,15H2,1-2H3. The van der Waals surface area contributed by atoms with Gasteiger partial charge in [0.05, 0.1) is 0 Å². The van der Waals surface area contributed by atoms with E-state index in [1.807, 2.05) is 24.3 Å². The molecule has 1 heterocycles. The van der Waals surface area contributed by atoms with E-state index >= 15 is 0 Å². The Bertz CT molecular complexity index is 366. The maximum Gasteiger partial charge on any atom is 0.119 e. The van der Waals surface area contributed by atoms with Gasteiger partial charge in [-0.3, -0.25) is 4.90 Å². The van der Waals surface area contributed by atoms with Crippen molar-refractivity contribution in [1.29, 1.82) is 0 Å². The predicted octanol–water partition coefficient (Wildman–Crippen LogP) is 1.28. The molecule has 100 valence electrons. The smallest absolute Gasteiger partial charge is 0.119 e. The van der Waals surface area contributed by atoms with Gasteiger partial charge in [-0.25, -0.2) is 0 Å². The number of benzene rings is 1. The third kappa shape index (κ3) is 3.62. The van der Waals surface area contributed by atoms with Crippen LogP contribution < -0.4 is 10.5 Å². The number of hydrogen-bond donors (Lipinski definition) is 1. The number of piperazine rings is 1. The number of ether oxygens (including phenoxy) is 1. The maximum atomic E-state index is 5.73. The summed E-state index contributed by atoms with van der Waals surface area (Å²) in [4.78, 5) is 4.86. The first kappa shape index (κ1) is 13.2. The maximum absolute atomic E-state index is 5.73. The van der Waals surface area contributed by atoms with Crippen molar-refractivity contribution in [3.8, 4) is 5.75 Å². The lowest BCUT2D eigenvalue weighted by atomic mass is 10.2. The van der Waals surface area contributed by atoms with Crippen molar-refractivity contribution in [1.82, 2.24) is 9.80 Å². The quantitative estimate of drug-likeness (QED) is 0.816. The van der Waals surface area contributed by atoms with Crippen molar-refractivity contribution < 1.29 is 4.74 Å². The van der Waals surface area contributed by atoms with Crippen LogP contribution in [0.15, 0.2) is 24.3 Å². The van der Waals surface area contributed by atoms with E-state index in [2.05, 4.69) is 23.8 Å². The Balaban J connectivity index is 1.73. The third-order valence-corrected chi connectivity index (χ3v) is 3.50. The first-order valence-corrected chi connectivity index (χ1v) is 6.56. The lowest BCUT2D eigenvalue weighted by molar-refractivity contribution is 0.0858. The molecule has 4 heteroatoms. The zero-order valence-electron chi connectivity index (χ0n) is 11.3. The second-order valence-corrected chi connectivity index (χ2v) is 5.06. The Labute approximate surface area is 109 Å². The Morgan fingerprint density at radius 3 is 2.67 bits per heavy atom. The van der Waals surface area contributed by atoms with E-state index in [0.717, 1.165) is 44.2 Å². The molecule has 18 heavy (non-hydrogen) atoms. The van der Waals surface area contributed by atoms with Crippen molar-refractivity contribution in [2.75, 3.05) is 45.6 Å². The highest BCUT2D eigenvalue weighted by Gasteiger charge is 2.20. The average Bonchev–Trinajstić information content (AvgIpc) is 2.34. The molecule has 2 rings (SSSR count). The fourth-order valence-electron chi connectivity index (χ4n) is 2.35. The Morgan fingerprint density at radius 2 is 2.00 bits per heavy atom. The summed E-state index contributed by atoms with van der Waals surface area (Å²) in [5, 5.41) is 0. The summed E-state index contributed by atoms with van der Waals surface area (Å²) < 4.78 is 5.73. The van der Waals surface area contributed by atoms with Gasteiger partial charge in [-0.2, -0.15) is 0 Å². The molecule has 1 aromatic rings.